The lowest BCUT2D eigenvalue weighted by Gasteiger charge is -2.10. The van der Waals surface area contributed by atoms with Crippen molar-refractivity contribution in [1.82, 2.24) is 0 Å². The van der Waals surface area contributed by atoms with Gasteiger partial charge < -0.3 is 0 Å². The van der Waals surface area contributed by atoms with Crippen LogP contribution in [0, 0.1) is 47.4 Å². The van der Waals surface area contributed by atoms with Crippen LogP contribution in [0.4, 0.5) is 0 Å². The second-order valence-electron chi connectivity index (χ2n) is 18.7. The van der Waals surface area contributed by atoms with Gasteiger partial charge >= 0.3 is 0 Å². The zero-order chi connectivity index (χ0) is 50.3. The van der Waals surface area contributed by atoms with Crippen molar-refractivity contribution in [3.05, 3.63) is 207 Å². The molecule has 4 aromatic heterocycles. The summed E-state index contributed by atoms with van der Waals surface area (Å²) >= 11 is 17.2. The monoisotopic (exact) mass is 1070 g/mol. The Hall–Kier alpha value is -6.02. The van der Waals surface area contributed by atoms with E-state index in [0.29, 0.717) is 11.8 Å². The van der Waals surface area contributed by atoms with Crippen molar-refractivity contribution in [2.75, 3.05) is 11.8 Å². The Morgan fingerprint density at radius 1 is 0.270 bits per heavy atom. The molecule has 4 bridgehead atoms. The predicted octanol–water partition coefficient (Wildman–Crippen LogP) is 19.4. The summed E-state index contributed by atoms with van der Waals surface area (Å²) in [5, 5.41) is 18.2. The van der Waals surface area contributed by atoms with E-state index in [1.54, 1.807) is 45.3 Å². The molecule has 0 radical (unpaired) electrons. The van der Waals surface area contributed by atoms with Crippen LogP contribution in [0.1, 0.15) is 128 Å². The molecule has 0 fully saturated rings. The number of fused-ring (bicyclic) bond motifs is 10. The molecule has 1 aliphatic carbocycles. The molecule has 4 heterocycles. The fourth-order valence-electron chi connectivity index (χ4n) is 10.2. The third kappa shape index (κ3) is 12.2. The average molecular weight is 1070 g/mol. The normalized spacial score (nSPS) is 13.7. The first-order valence-corrected chi connectivity index (χ1v) is 30.6. The molecule has 0 unspecified atom stereocenters. The molecular formula is C68H56Cl2S4. The Kier molecular flexibility index (Phi) is 18.1. The molecule has 10 aromatic rings. The van der Waals surface area contributed by atoms with Crippen LogP contribution in [0.25, 0.3) is 43.1 Å². The number of hydrogen-bond donors (Lipinski definition) is 0. The van der Waals surface area contributed by atoms with Crippen LogP contribution in [0.3, 0.4) is 0 Å². The highest BCUT2D eigenvalue weighted by atomic mass is 35.5. The van der Waals surface area contributed by atoms with Crippen LogP contribution in [0.5, 0.6) is 0 Å². The fraction of sp³-hybridized carbons (Fsp3) is 0.235. The van der Waals surface area contributed by atoms with Crippen molar-refractivity contribution in [3.63, 3.8) is 0 Å². The molecule has 0 amide bonds. The standard InChI is InChI=1S/C66H52S4.C2H4Cl2/c1-3-7-19-47-39-43-67-63(47)35-31-59-51-23-11-15-27-55(51)61(56-28-16-12-24-52(56)59)33-37-65-49(41-45-69-65)21-9-5-2-6-10-22-50-42-46-70-66(50)38-34-62-57-29-17-13-25-53(57)60(54-26-14-18-30-58(54)62)32-36-64-48(20-8-4-1)40-44-68-64;3-1-2-4/h11-18,23-30,39-46H,1-10,19-22H2;1-2H2. The average Bonchev–Trinajstić information content (AvgIpc) is 4.29. The van der Waals surface area contributed by atoms with Crippen LogP contribution in [0.15, 0.2) is 143 Å². The van der Waals surface area contributed by atoms with E-state index < -0.39 is 0 Å². The van der Waals surface area contributed by atoms with Crippen molar-refractivity contribution >= 4 is 112 Å². The summed E-state index contributed by atoms with van der Waals surface area (Å²) in [6, 6.07) is 44.0. The van der Waals surface area contributed by atoms with Gasteiger partial charge in [-0.2, -0.15) is 0 Å². The highest BCUT2D eigenvalue weighted by Gasteiger charge is 2.15. The highest BCUT2D eigenvalue weighted by Crippen LogP contribution is 2.35. The molecular weight excluding hydrogens is 1020 g/mol. The maximum Gasteiger partial charge on any atom is 0.0804 e. The summed E-state index contributed by atoms with van der Waals surface area (Å²) in [5.41, 5.74) is 9.84. The van der Waals surface area contributed by atoms with Crippen molar-refractivity contribution in [3.8, 4) is 47.4 Å². The van der Waals surface area contributed by atoms with E-state index in [0.717, 1.165) is 47.9 Å². The summed E-state index contributed by atoms with van der Waals surface area (Å²) in [4.78, 5) is 4.74. The van der Waals surface area contributed by atoms with Crippen LogP contribution >= 0.6 is 68.5 Å². The van der Waals surface area contributed by atoms with Crippen molar-refractivity contribution in [2.24, 2.45) is 0 Å². The molecule has 0 spiro atoms. The van der Waals surface area contributed by atoms with Gasteiger partial charge in [0, 0.05) is 34.0 Å². The summed E-state index contributed by atoms with van der Waals surface area (Å²) in [5.74, 6) is 30.6. The fourth-order valence-corrected chi connectivity index (χ4v) is 13.4. The lowest BCUT2D eigenvalue weighted by Crippen LogP contribution is -1.92. The number of halogens is 2. The van der Waals surface area contributed by atoms with E-state index in [1.165, 1.54) is 149 Å². The molecule has 0 aliphatic heterocycles. The lowest BCUT2D eigenvalue weighted by atomic mass is 9.92. The van der Waals surface area contributed by atoms with Crippen LogP contribution < -0.4 is 0 Å². The molecule has 0 saturated heterocycles. The molecule has 11 rings (SSSR count). The molecule has 0 atom stereocenters. The predicted molar refractivity (Wildman–Crippen MR) is 327 cm³/mol. The molecule has 74 heavy (non-hydrogen) atoms. The van der Waals surface area contributed by atoms with Crippen LogP contribution in [0.2, 0.25) is 0 Å². The van der Waals surface area contributed by atoms with Crippen molar-refractivity contribution in [1.29, 1.82) is 0 Å². The maximum atomic E-state index is 5.05. The smallest absolute Gasteiger partial charge is 0.0804 e. The minimum atomic E-state index is 0.557. The van der Waals surface area contributed by atoms with Gasteiger partial charge in [-0.1, -0.05) is 183 Å². The topological polar surface area (TPSA) is 0 Å². The quantitative estimate of drug-likeness (QED) is 0.0873. The maximum absolute atomic E-state index is 5.05. The van der Waals surface area contributed by atoms with E-state index in [2.05, 4.69) is 190 Å². The molecule has 6 aromatic carbocycles. The first-order valence-electron chi connectivity index (χ1n) is 26.0. The molecule has 6 heteroatoms. The Bertz CT molecular complexity index is 3220. The number of thiophene rings is 4. The number of rotatable bonds is 1. The summed E-state index contributed by atoms with van der Waals surface area (Å²) < 4.78 is 0. The Balaban J connectivity index is 0.00000151. The molecule has 0 saturated carbocycles. The molecule has 0 nitrogen and oxygen atoms in total. The number of hydrogen-bond acceptors (Lipinski definition) is 4. The minimum absolute atomic E-state index is 0.557. The Morgan fingerprint density at radius 2 is 0.473 bits per heavy atom. The SMILES string of the molecule is C1#Cc2c3ccccc3c(c3ccccc23)C#Cc2sccc2CCCCCCCc2ccsc2C#Cc2c3ccccc3c(c3ccccc23)C#Cc2sccc2CCCCCCCc2ccsc21.ClCCCl. The van der Waals surface area contributed by atoms with Gasteiger partial charge in [-0.3, -0.25) is 0 Å². The first-order chi connectivity index (χ1) is 36.7. The first kappa shape index (κ1) is 51.5. The minimum Gasteiger partial charge on any atom is -0.135 e. The van der Waals surface area contributed by atoms with Gasteiger partial charge in [-0.25, -0.2) is 0 Å². The third-order valence-electron chi connectivity index (χ3n) is 13.9. The molecule has 0 N–H and O–H groups in total. The van der Waals surface area contributed by atoms with Gasteiger partial charge in [0.2, 0.25) is 0 Å². The number of alkyl halides is 2. The van der Waals surface area contributed by atoms with Gasteiger partial charge in [0.15, 0.2) is 0 Å². The zero-order valence-electron chi connectivity index (χ0n) is 41.6. The van der Waals surface area contributed by atoms with E-state index >= 15 is 0 Å². The van der Waals surface area contributed by atoms with Gasteiger partial charge in [0.25, 0.3) is 0 Å². The molecule has 1 aliphatic rings. The van der Waals surface area contributed by atoms with Gasteiger partial charge in [-0.15, -0.1) is 68.5 Å². The lowest BCUT2D eigenvalue weighted by molar-refractivity contribution is 0.614. The summed E-state index contributed by atoms with van der Waals surface area (Å²) in [7, 11) is 0. The summed E-state index contributed by atoms with van der Waals surface area (Å²) in [6.45, 7) is 0. The van der Waals surface area contributed by atoms with Gasteiger partial charge in [0.05, 0.1) is 19.5 Å². The summed E-state index contributed by atoms with van der Waals surface area (Å²) in [6.07, 6.45) is 16.3. The van der Waals surface area contributed by atoms with Crippen molar-refractivity contribution < 1.29 is 0 Å². The van der Waals surface area contributed by atoms with Crippen LogP contribution in [-0.4, -0.2) is 11.8 Å². The second-order valence-corrected chi connectivity index (χ2v) is 23.1. The number of benzene rings is 6. The van der Waals surface area contributed by atoms with Crippen molar-refractivity contribution in [2.45, 2.75) is 89.9 Å². The van der Waals surface area contributed by atoms with Gasteiger partial charge in [-0.05, 0) is 162 Å². The number of aryl methyl sites for hydroxylation is 4. The van der Waals surface area contributed by atoms with Crippen LogP contribution in [-0.2, 0) is 25.7 Å². The van der Waals surface area contributed by atoms with Gasteiger partial charge in [0.1, 0.15) is 0 Å². The van der Waals surface area contributed by atoms with E-state index in [1.807, 2.05) is 0 Å². The Labute approximate surface area is 463 Å². The van der Waals surface area contributed by atoms with E-state index in [-0.39, 0.29) is 0 Å². The highest BCUT2D eigenvalue weighted by molar-refractivity contribution is 7.11. The third-order valence-corrected chi connectivity index (χ3v) is 18.0. The zero-order valence-corrected chi connectivity index (χ0v) is 46.3. The van der Waals surface area contributed by atoms with E-state index in [4.69, 9.17) is 23.2 Å². The Morgan fingerprint density at radius 3 is 0.676 bits per heavy atom. The van der Waals surface area contributed by atoms with E-state index in [9.17, 15) is 0 Å². The second kappa shape index (κ2) is 26.0. The molecule has 366 valence electrons. The largest absolute Gasteiger partial charge is 0.135 e.